The van der Waals surface area contributed by atoms with Crippen LogP contribution in [-0.4, -0.2) is 0 Å². The van der Waals surface area contributed by atoms with E-state index in [2.05, 4.69) is 88.4 Å². The SMILES string of the molecule is Cc1cc(C(C)(C)c2ccc(Oc3ccc(-c4ccc(N)cc4)cc3)c(C)c2)ccc1Oc1ccc(-c2ccc(N)cc2)cc1. The molecular weight excluding hydrogens is 552 g/mol. The van der Waals surface area contributed by atoms with Gasteiger partial charge in [0.2, 0.25) is 0 Å². The van der Waals surface area contributed by atoms with Crippen molar-refractivity contribution in [3.05, 3.63) is 156 Å². The molecule has 6 aromatic rings. The van der Waals surface area contributed by atoms with Crippen LogP contribution in [0, 0.1) is 13.8 Å². The molecule has 0 bridgehead atoms. The van der Waals surface area contributed by atoms with Crippen molar-refractivity contribution >= 4 is 11.4 Å². The molecule has 6 rings (SSSR count). The highest BCUT2D eigenvalue weighted by molar-refractivity contribution is 5.67. The third kappa shape index (κ3) is 6.56. The smallest absolute Gasteiger partial charge is 0.130 e. The Hall–Kier alpha value is -5.48. The fourth-order valence-electron chi connectivity index (χ4n) is 5.51. The largest absolute Gasteiger partial charge is 0.457 e. The van der Waals surface area contributed by atoms with E-state index in [0.717, 1.165) is 67.8 Å². The van der Waals surface area contributed by atoms with Crippen LogP contribution in [0.1, 0.15) is 36.1 Å². The van der Waals surface area contributed by atoms with Crippen molar-refractivity contribution in [2.75, 3.05) is 11.5 Å². The van der Waals surface area contributed by atoms with E-state index in [-0.39, 0.29) is 5.41 Å². The lowest BCUT2D eigenvalue weighted by Crippen LogP contribution is -2.19. The van der Waals surface area contributed by atoms with E-state index in [4.69, 9.17) is 20.9 Å². The molecule has 0 unspecified atom stereocenters. The van der Waals surface area contributed by atoms with E-state index >= 15 is 0 Å². The first-order chi connectivity index (χ1) is 21.7. The minimum atomic E-state index is -0.214. The van der Waals surface area contributed by atoms with Crippen LogP contribution in [0.5, 0.6) is 23.0 Å². The predicted octanol–water partition coefficient (Wildman–Crippen LogP) is 10.7. The summed E-state index contributed by atoms with van der Waals surface area (Å²) in [5.41, 5.74) is 22.1. The number of rotatable bonds is 8. The standard InChI is InChI=1S/C41H38N2O2/c1-27-25-33(13-23-39(27)44-37-19-9-31(10-20-37)29-5-15-35(42)16-6-29)41(3,4)34-14-24-40(28(2)26-34)45-38-21-11-32(12-22-38)30-7-17-36(43)18-8-30/h5-26H,42-43H2,1-4H3. The Bertz CT molecular complexity index is 1780. The van der Waals surface area contributed by atoms with Crippen LogP contribution in [0.4, 0.5) is 11.4 Å². The van der Waals surface area contributed by atoms with Crippen LogP contribution in [-0.2, 0) is 5.41 Å². The Morgan fingerprint density at radius 3 is 1.04 bits per heavy atom. The van der Waals surface area contributed by atoms with Crippen LogP contribution >= 0.6 is 0 Å². The second kappa shape index (κ2) is 12.3. The molecule has 0 radical (unpaired) electrons. The molecule has 224 valence electrons. The quantitative estimate of drug-likeness (QED) is 0.173. The van der Waals surface area contributed by atoms with Gasteiger partial charge < -0.3 is 20.9 Å². The average molecular weight is 591 g/mol. The summed E-state index contributed by atoms with van der Waals surface area (Å²) in [5, 5.41) is 0. The van der Waals surface area contributed by atoms with E-state index in [9.17, 15) is 0 Å². The number of hydrogen-bond donors (Lipinski definition) is 2. The molecule has 0 aliphatic heterocycles. The number of anilines is 2. The van der Waals surface area contributed by atoms with Gasteiger partial charge in [-0.1, -0.05) is 86.6 Å². The van der Waals surface area contributed by atoms with E-state index < -0.39 is 0 Å². The number of aryl methyl sites for hydroxylation is 2. The normalized spacial score (nSPS) is 11.3. The van der Waals surface area contributed by atoms with Gasteiger partial charge in [-0.05, 0) is 119 Å². The molecule has 0 fully saturated rings. The molecule has 0 amide bonds. The van der Waals surface area contributed by atoms with Gasteiger partial charge >= 0.3 is 0 Å². The minimum absolute atomic E-state index is 0.214. The average Bonchev–Trinajstić information content (AvgIpc) is 3.04. The first-order valence-electron chi connectivity index (χ1n) is 15.2. The van der Waals surface area contributed by atoms with Crippen molar-refractivity contribution in [3.8, 4) is 45.3 Å². The highest BCUT2D eigenvalue weighted by Gasteiger charge is 2.25. The van der Waals surface area contributed by atoms with Gasteiger partial charge in [0.15, 0.2) is 0 Å². The van der Waals surface area contributed by atoms with Crippen molar-refractivity contribution in [1.29, 1.82) is 0 Å². The van der Waals surface area contributed by atoms with Crippen molar-refractivity contribution in [2.24, 2.45) is 0 Å². The second-order valence-electron chi connectivity index (χ2n) is 12.1. The Kier molecular flexibility index (Phi) is 8.06. The molecular formula is C41H38N2O2. The van der Waals surface area contributed by atoms with Gasteiger partial charge in [0.1, 0.15) is 23.0 Å². The zero-order valence-electron chi connectivity index (χ0n) is 26.2. The zero-order chi connectivity index (χ0) is 31.6. The van der Waals surface area contributed by atoms with Crippen LogP contribution in [0.2, 0.25) is 0 Å². The lowest BCUT2D eigenvalue weighted by atomic mass is 9.77. The summed E-state index contributed by atoms with van der Waals surface area (Å²) in [5.74, 6) is 3.29. The molecule has 0 spiro atoms. The van der Waals surface area contributed by atoms with Crippen LogP contribution in [0.15, 0.2) is 133 Å². The van der Waals surface area contributed by atoms with Crippen LogP contribution in [0.25, 0.3) is 22.3 Å². The molecule has 6 aromatic carbocycles. The molecule has 0 heterocycles. The molecule has 0 aliphatic carbocycles. The summed E-state index contributed by atoms with van der Waals surface area (Å²) in [4.78, 5) is 0. The molecule has 0 saturated heterocycles. The third-order valence-electron chi connectivity index (χ3n) is 8.45. The molecule has 45 heavy (non-hydrogen) atoms. The van der Waals surface area contributed by atoms with Crippen LogP contribution < -0.4 is 20.9 Å². The number of benzene rings is 6. The highest BCUT2D eigenvalue weighted by atomic mass is 16.5. The van der Waals surface area contributed by atoms with Gasteiger partial charge in [0, 0.05) is 16.8 Å². The molecule has 4 heteroatoms. The van der Waals surface area contributed by atoms with Crippen LogP contribution in [0.3, 0.4) is 0 Å². The maximum Gasteiger partial charge on any atom is 0.130 e. The minimum Gasteiger partial charge on any atom is -0.457 e. The van der Waals surface area contributed by atoms with Crippen molar-refractivity contribution in [1.82, 2.24) is 0 Å². The topological polar surface area (TPSA) is 70.5 Å². The molecule has 4 nitrogen and oxygen atoms in total. The summed E-state index contributed by atoms with van der Waals surface area (Å²) < 4.78 is 12.6. The van der Waals surface area contributed by atoms with Crippen molar-refractivity contribution < 1.29 is 9.47 Å². The molecule has 4 N–H and O–H groups in total. The lowest BCUT2D eigenvalue weighted by Gasteiger charge is -2.28. The number of hydrogen-bond acceptors (Lipinski definition) is 4. The maximum absolute atomic E-state index is 6.28. The van der Waals surface area contributed by atoms with Gasteiger partial charge in [-0.2, -0.15) is 0 Å². The fourth-order valence-corrected chi connectivity index (χ4v) is 5.51. The van der Waals surface area contributed by atoms with Gasteiger partial charge in [-0.15, -0.1) is 0 Å². The summed E-state index contributed by atoms with van der Waals surface area (Å²) in [6.07, 6.45) is 0. The molecule has 0 atom stereocenters. The Morgan fingerprint density at radius 2 is 0.733 bits per heavy atom. The summed E-state index contributed by atoms with van der Waals surface area (Å²) in [6.45, 7) is 8.70. The Labute approximate surface area is 265 Å². The third-order valence-corrected chi connectivity index (χ3v) is 8.45. The zero-order valence-corrected chi connectivity index (χ0v) is 26.2. The Morgan fingerprint density at radius 1 is 0.422 bits per heavy atom. The van der Waals surface area contributed by atoms with E-state index in [1.54, 1.807) is 0 Å². The number of nitrogen functional groups attached to an aromatic ring is 2. The molecule has 0 saturated carbocycles. The fraction of sp³-hybridized carbons (Fsp3) is 0.122. The molecule has 0 aliphatic rings. The Balaban J connectivity index is 1.14. The lowest BCUT2D eigenvalue weighted by molar-refractivity contribution is 0.477. The van der Waals surface area contributed by atoms with E-state index in [1.165, 1.54) is 11.1 Å². The van der Waals surface area contributed by atoms with Crippen molar-refractivity contribution in [2.45, 2.75) is 33.1 Å². The first-order valence-corrected chi connectivity index (χ1v) is 15.2. The maximum atomic E-state index is 6.28. The van der Waals surface area contributed by atoms with E-state index in [0.29, 0.717) is 0 Å². The first kappa shape index (κ1) is 29.6. The summed E-state index contributed by atoms with van der Waals surface area (Å²) in [6, 6.07) is 45.0. The summed E-state index contributed by atoms with van der Waals surface area (Å²) >= 11 is 0. The van der Waals surface area contributed by atoms with Crippen molar-refractivity contribution in [3.63, 3.8) is 0 Å². The van der Waals surface area contributed by atoms with Gasteiger partial charge in [0.05, 0.1) is 0 Å². The predicted molar refractivity (Wildman–Crippen MR) is 187 cm³/mol. The monoisotopic (exact) mass is 590 g/mol. The molecule has 0 aromatic heterocycles. The second-order valence-corrected chi connectivity index (χ2v) is 12.1. The van der Waals surface area contributed by atoms with E-state index in [1.807, 2.05) is 72.8 Å². The number of ether oxygens (including phenoxy) is 2. The number of nitrogens with two attached hydrogens (primary N) is 2. The van der Waals surface area contributed by atoms with Gasteiger partial charge in [-0.25, -0.2) is 0 Å². The van der Waals surface area contributed by atoms with Gasteiger partial charge in [-0.3, -0.25) is 0 Å². The highest BCUT2D eigenvalue weighted by Crippen LogP contribution is 2.38. The van der Waals surface area contributed by atoms with Gasteiger partial charge in [0.25, 0.3) is 0 Å². The summed E-state index contributed by atoms with van der Waals surface area (Å²) in [7, 11) is 0.